The van der Waals surface area contributed by atoms with E-state index in [0.29, 0.717) is 25.5 Å². The Hall–Kier alpha value is -2.68. The van der Waals surface area contributed by atoms with E-state index in [1.807, 2.05) is 19.1 Å². The predicted molar refractivity (Wildman–Crippen MR) is 82.2 cm³/mol. The molecule has 0 aliphatic carbocycles. The fourth-order valence-corrected chi connectivity index (χ4v) is 2.69. The summed E-state index contributed by atoms with van der Waals surface area (Å²) in [7, 11) is 0. The van der Waals surface area contributed by atoms with E-state index in [9.17, 15) is 14.9 Å². The van der Waals surface area contributed by atoms with E-state index in [1.54, 1.807) is 4.90 Å². The minimum absolute atomic E-state index is 0.0597. The van der Waals surface area contributed by atoms with Gasteiger partial charge >= 0.3 is 5.69 Å². The monoisotopic (exact) mass is 334 g/mol. The van der Waals surface area contributed by atoms with Gasteiger partial charge in [0.05, 0.1) is 18.1 Å². The van der Waals surface area contributed by atoms with Crippen LogP contribution < -0.4 is 0 Å². The summed E-state index contributed by atoms with van der Waals surface area (Å²) >= 11 is 0. The molecule has 1 saturated heterocycles. The highest BCUT2D eigenvalue weighted by molar-refractivity contribution is 5.76. The first-order valence-corrected chi connectivity index (χ1v) is 7.65. The Bertz CT molecular complexity index is 738. The van der Waals surface area contributed by atoms with Crippen molar-refractivity contribution < 1.29 is 18.9 Å². The summed E-state index contributed by atoms with van der Waals surface area (Å²) in [6.45, 7) is 3.50. The van der Waals surface area contributed by atoms with Gasteiger partial charge in [-0.1, -0.05) is 0 Å². The predicted octanol–water partition coefficient (Wildman–Crippen LogP) is 1.68. The second-order valence-electron chi connectivity index (χ2n) is 5.59. The van der Waals surface area contributed by atoms with Crippen LogP contribution >= 0.6 is 0 Å². The van der Waals surface area contributed by atoms with E-state index in [4.69, 9.17) is 9.15 Å². The van der Waals surface area contributed by atoms with Gasteiger partial charge in [-0.05, 0) is 19.1 Å². The Kier molecular flexibility index (Phi) is 4.61. The first-order valence-electron chi connectivity index (χ1n) is 7.65. The van der Waals surface area contributed by atoms with E-state index in [0.717, 1.165) is 5.76 Å². The van der Waals surface area contributed by atoms with Crippen LogP contribution in [0.25, 0.3) is 0 Å². The largest absolute Gasteiger partial charge is 0.464 e. The van der Waals surface area contributed by atoms with Crippen molar-refractivity contribution in [2.24, 2.45) is 0 Å². The molecule has 0 N–H and O–H groups in total. The lowest BCUT2D eigenvalue weighted by Gasteiger charge is -2.34. The van der Waals surface area contributed by atoms with Crippen LogP contribution in [-0.2, 0) is 16.1 Å². The quantitative estimate of drug-likeness (QED) is 0.609. The number of carbonyl (C=O) groups excluding carboxylic acids is 1. The lowest BCUT2D eigenvalue weighted by Crippen LogP contribution is -2.43. The van der Waals surface area contributed by atoms with Gasteiger partial charge in [-0.3, -0.25) is 19.6 Å². The summed E-state index contributed by atoms with van der Waals surface area (Å²) in [5, 5.41) is 14.6. The number of aromatic nitrogens is 2. The summed E-state index contributed by atoms with van der Waals surface area (Å²) in [5.74, 6) is 1.43. The van der Waals surface area contributed by atoms with Gasteiger partial charge in [0.2, 0.25) is 5.91 Å². The molecular weight excluding hydrogens is 316 g/mol. The van der Waals surface area contributed by atoms with Crippen molar-refractivity contribution in [2.45, 2.75) is 25.9 Å². The first kappa shape index (κ1) is 16.2. The number of carbonyl (C=O) groups is 1. The Morgan fingerprint density at radius 2 is 2.33 bits per heavy atom. The second-order valence-corrected chi connectivity index (χ2v) is 5.59. The number of nitro groups is 1. The van der Waals surface area contributed by atoms with Gasteiger partial charge in [0.25, 0.3) is 0 Å². The highest BCUT2D eigenvalue weighted by Gasteiger charge is 2.30. The van der Waals surface area contributed by atoms with E-state index in [1.165, 1.54) is 17.1 Å². The molecule has 0 bridgehead atoms. The maximum Gasteiger partial charge on any atom is 0.306 e. The molecule has 0 aromatic carbocycles. The summed E-state index contributed by atoms with van der Waals surface area (Å²) in [6, 6.07) is 3.47. The fraction of sp³-hybridized carbons (Fsp3) is 0.467. The molecule has 1 amide bonds. The molecular formula is C15H18N4O5. The third-order valence-corrected chi connectivity index (χ3v) is 3.92. The number of morpholine rings is 1. The highest BCUT2D eigenvalue weighted by Crippen LogP contribution is 2.26. The molecule has 0 spiro atoms. The van der Waals surface area contributed by atoms with Crippen molar-refractivity contribution in [1.82, 2.24) is 14.7 Å². The molecule has 0 saturated carbocycles. The van der Waals surface area contributed by atoms with Crippen molar-refractivity contribution in [3.63, 3.8) is 0 Å². The molecule has 1 atom stereocenters. The smallest absolute Gasteiger partial charge is 0.306 e. The van der Waals surface area contributed by atoms with Gasteiger partial charge in [0.15, 0.2) is 0 Å². The van der Waals surface area contributed by atoms with Crippen LogP contribution in [0, 0.1) is 17.0 Å². The Morgan fingerprint density at radius 3 is 3.00 bits per heavy atom. The third kappa shape index (κ3) is 3.46. The number of hydrogen-bond acceptors (Lipinski definition) is 6. The summed E-state index contributed by atoms with van der Waals surface area (Å²) in [4.78, 5) is 24.4. The minimum atomic E-state index is -0.511. The van der Waals surface area contributed by atoms with Gasteiger partial charge in [-0.15, -0.1) is 0 Å². The number of rotatable bonds is 5. The average Bonchev–Trinajstić information content (AvgIpc) is 3.21. The number of ether oxygens (including phenoxy) is 1. The van der Waals surface area contributed by atoms with Crippen molar-refractivity contribution in [3.8, 4) is 0 Å². The van der Waals surface area contributed by atoms with Crippen molar-refractivity contribution in [2.75, 3.05) is 19.8 Å². The molecule has 1 aliphatic heterocycles. The minimum Gasteiger partial charge on any atom is -0.464 e. The molecule has 1 aliphatic rings. The molecule has 9 heteroatoms. The Morgan fingerprint density at radius 1 is 1.50 bits per heavy atom. The van der Waals surface area contributed by atoms with Crippen LogP contribution in [0.2, 0.25) is 0 Å². The molecule has 128 valence electrons. The third-order valence-electron chi connectivity index (χ3n) is 3.92. The lowest BCUT2D eigenvalue weighted by molar-refractivity contribution is -0.385. The molecule has 24 heavy (non-hydrogen) atoms. The summed E-state index contributed by atoms with van der Waals surface area (Å²) in [6.07, 6.45) is 2.70. The molecule has 9 nitrogen and oxygen atoms in total. The van der Waals surface area contributed by atoms with E-state index in [-0.39, 0.29) is 30.6 Å². The summed E-state index contributed by atoms with van der Waals surface area (Å²) < 4.78 is 12.5. The molecule has 3 heterocycles. The molecule has 1 fully saturated rings. The number of hydrogen-bond donors (Lipinski definition) is 0. The van der Waals surface area contributed by atoms with E-state index >= 15 is 0 Å². The number of nitrogens with zero attached hydrogens (tertiary/aromatic N) is 4. The van der Waals surface area contributed by atoms with Crippen molar-refractivity contribution in [3.05, 3.63) is 46.2 Å². The average molecular weight is 334 g/mol. The molecule has 2 aromatic heterocycles. The maximum atomic E-state index is 12.6. The van der Waals surface area contributed by atoms with Crippen LogP contribution in [0.1, 0.15) is 24.0 Å². The maximum absolute atomic E-state index is 12.6. The van der Waals surface area contributed by atoms with Gasteiger partial charge in [-0.25, -0.2) is 0 Å². The Labute approximate surface area is 137 Å². The second kappa shape index (κ2) is 6.83. The highest BCUT2D eigenvalue weighted by atomic mass is 16.6. The van der Waals surface area contributed by atoms with Gasteiger partial charge in [0.1, 0.15) is 30.0 Å². The molecule has 0 radical (unpaired) electrons. The standard InChI is InChI=1S/C15H18N4O5/c1-11-2-3-14(24-11)13-10-23-7-6-18(13)15(20)4-5-17-9-12(8-16-17)19(21)22/h2-3,8-9,13H,4-7,10H2,1H3/t13-/m0/s1. The van der Waals surface area contributed by atoms with Crippen LogP contribution in [0.4, 0.5) is 5.69 Å². The molecule has 0 unspecified atom stereocenters. The van der Waals surface area contributed by atoms with E-state index < -0.39 is 4.92 Å². The normalized spacial score (nSPS) is 17.9. The topological polar surface area (TPSA) is 104 Å². The number of amides is 1. The summed E-state index contributed by atoms with van der Waals surface area (Å²) in [5.41, 5.74) is -0.0854. The van der Waals surface area contributed by atoms with Crippen molar-refractivity contribution in [1.29, 1.82) is 0 Å². The molecule has 3 rings (SSSR count). The SMILES string of the molecule is Cc1ccc([C@@H]2COCCN2C(=O)CCn2cc([N+](=O)[O-])cn2)o1. The van der Waals surface area contributed by atoms with Crippen LogP contribution in [0.5, 0.6) is 0 Å². The van der Waals surface area contributed by atoms with Crippen LogP contribution in [-0.4, -0.2) is 45.3 Å². The molecule has 2 aromatic rings. The van der Waals surface area contributed by atoms with Gasteiger partial charge < -0.3 is 14.1 Å². The van der Waals surface area contributed by atoms with E-state index in [2.05, 4.69) is 5.10 Å². The van der Waals surface area contributed by atoms with Crippen LogP contribution in [0.3, 0.4) is 0 Å². The van der Waals surface area contributed by atoms with Gasteiger partial charge in [0, 0.05) is 19.5 Å². The number of furan rings is 1. The fourth-order valence-electron chi connectivity index (χ4n) is 2.69. The van der Waals surface area contributed by atoms with Crippen LogP contribution in [0.15, 0.2) is 28.9 Å². The Balaban J connectivity index is 1.64. The first-order chi connectivity index (χ1) is 11.5. The lowest BCUT2D eigenvalue weighted by atomic mass is 10.1. The number of aryl methyl sites for hydroxylation is 2. The zero-order valence-electron chi connectivity index (χ0n) is 13.3. The van der Waals surface area contributed by atoms with Crippen molar-refractivity contribution >= 4 is 11.6 Å². The van der Waals surface area contributed by atoms with Gasteiger partial charge in [-0.2, -0.15) is 5.10 Å². The zero-order valence-corrected chi connectivity index (χ0v) is 13.3. The zero-order chi connectivity index (χ0) is 17.1.